The van der Waals surface area contributed by atoms with E-state index < -0.39 is 5.91 Å². The van der Waals surface area contributed by atoms with Crippen LogP contribution in [0.15, 0.2) is 30.3 Å². The van der Waals surface area contributed by atoms with Gasteiger partial charge in [0, 0.05) is 17.5 Å². The average Bonchev–Trinajstić information content (AvgIpc) is 2.34. The summed E-state index contributed by atoms with van der Waals surface area (Å²) in [4.78, 5) is 16.0. The van der Waals surface area contributed by atoms with Crippen LogP contribution in [0.4, 0.5) is 5.82 Å². The molecule has 0 saturated heterocycles. The maximum absolute atomic E-state index is 11.5. The van der Waals surface area contributed by atoms with E-state index in [1.807, 2.05) is 38.1 Å². The average molecular weight is 258 g/mol. The molecule has 1 aromatic carbocycles. The molecule has 2 rings (SSSR count). The zero-order chi connectivity index (χ0) is 14.0. The molecule has 19 heavy (non-hydrogen) atoms. The van der Waals surface area contributed by atoms with E-state index in [-0.39, 0.29) is 5.54 Å². The first-order valence-electron chi connectivity index (χ1n) is 6.09. The largest absolute Gasteiger partial charge is 0.368 e. The van der Waals surface area contributed by atoms with Crippen LogP contribution in [0.1, 0.15) is 24.2 Å². The number of primary amides is 1. The number of amides is 1. The summed E-state index contributed by atoms with van der Waals surface area (Å²) in [5.41, 5.74) is 12.2. The Morgan fingerprint density at radius 3 is 2.68 bits per heavy atom. The van der Waals surface area contributed by atoms with E-state index in [2.05, 4.69) is 10.3 Å². The lowest BCUT2D eigenvalue weighted by atomic mass is 10.1. The predicted octanol–water partition coefficient (Wildman–Crippen LogP) is 1.48. The van der Waals surface area contributed by atoms with Gasteiger partial charge in [0.15, 0.2) is 0 Å². The summed E-state index contributed by atoms with van der Waals surface area (Å²) in [5, 5.41) is 3.89. The number of fused-ring (bicyclic) bond motifs is 1. The van der Waals surface area contributed by atoms with Crippen LogP contribution in [0.25, 0.3) is 10.9 Å². The molecular formula is C14H18N4O. The summed E-state index contributed by atoms with van der Waals surface area (Å²) < 4.78 is 0. The normalized spacial score (nSPS) is 11.5. The summed E-state index contributed by atoms with van der Waals surface area (Å²) >= 11 is 0. The SMILES string of the molecule is CC(C)(N)CNc1cc(C(N)=O)c2ccccc2n1. The van der Waals surface area contributed by atoms with Gasteiger partial charge in [-0.25, -0.2) is 4.98 Å². The smallest absolute Gasteiger partial charge is 0.249 e. The van der Waals surface area contributed by atoms with Crippen LogP contribution in [0.5, 0.6) is 0 Å². The Balaban J connectivity index is 2.44. The van der Waals surface area contributed by atoms with Crippen LogP contribution in [0, 0.1) is 0 Å². The predicted molar refractivity (Wildman–Crippen MR) is 77.0 cm³/mol. The van der Waals surface area contributed by atoms with Crippen molar-refractivity contribution >= 4 is 22.6 Å². The zero-order valence-corrected chi connectivity index (χ0v) is 11.1. The van der Waals surface area contributed by atoms with Gasteiger partial charge in [0.05, 0.1) is 11.1 Å². The molecule has 2 aromatic rings. The van der Waals surface area contributed by atoms with Gasteiger partial charge in [0.25, 0.3) is 0 Å². The molecule has 5 N–H and O–H groups in total. The number of nitrogens with two attached hydrogens (primary N) is 2. The Bertz CT molecular complexity index is 616. The third kappa shape index (κ3) is 3.20. The summed E-state index contributed by atoms with van der Waals surface area (Å²) in [6.45, 7) is 4.38. The minimum Gasteiger partial charge on any atom is -0.368 e. The van der Waals surface area contributed by atoms with E-state index in [1.54, 1.807) is 6.07 Å². The topological polar surface area (TPSA) is 94.0 Å². The monoisotopic (exact) mass is 258 g/mol. The zero-order valence-electron chi connectivity index (χ0n) is 11.1. The lowest BCUT2D eigenvalue weighted by Gasteiger charge is -2.19. The number of nitrogens with one attached hydrogen (secondary N) is 1. The molecule has 5 heteroatoms. The Morgan fingerprint density at radius 2 is 2.05 bits per heavy atom. The second-order valence-corrected chi connectivity index (χ2v) is 5.28. The fraction of sp³-hybridized carbons (Fsp3) is 0.286. The van der Waals surface area contributed by atoms with Crippen LogP contribution in [0.2, 0.25) is 0 Å². The molecule has 1 heterocycles. The number of carbonyl (C=O) groups excluding carboxylic acids is 1. The lowest BCUT2D eigenvalue weighted by Crippen LogP contribution is -2.39. The number of pyridine rings is 1. The van der Waals surface area contributed by atoms with Crippen LogP contribution >= 0.6 is 0 Å². The highest BCUT2D eigenvalue weighted by atomic mass is 16.1. The highest BCUT2D eigenvalue weighted by molar-refractivity contribution is 6.06. The van der Waals surface area contributed by atoms with Gasteiger partial charge in [-0.2, -0.15) is 0 Å². The number of carbonyl (C=O) groups is 1. The van der Waals surface area contributed by atoms with Crippen molar-refractivity contribution in [1.29, 1.82) is 0 Å². The van der Waals surface area contributed by atoms with Gasteiger partial charge < -0.3 is 16.8 Å². The van der Waals surface area contributed by atoms with Gasteiger partial charge in [0.2, 0.25) is 5.91 Å². The molecule has 0 aliphatic rings. The number of rotatable bonds is 4. The van der Waals surface area contributed by atoms with E-state index in [0.717, 1.165) is 10.9 Å². The number of aromatic nitrogens is 1. The number of hydrogen-bond acceptors (Lipinski definition) is 4. The molecule has 0 bridgehead atoms. The van der Waals surface area contributed by atoms with Crippen LogP contribution in [0.3, 0.4) is 0 Å². The molecule has 0 aliphatic heterocycles. The summed E-state index contributed by atoms with van der Waals surface area (Å²) in [7, 11) is 0. The number of hydrogen-bond donors (Lipinski definition) is 3. The van der Waals surface area contributed by atoms with Crippen molar-refractivity contribution in [3.05, 3.63) is 35.9 Å². The van der Waals surface area contributed by atoms with E-state index in [9.17, 15) is 4.79 Å². The highest BCUT2D eigenvalue weighted by Crippen LogP contribution is 2.20. The lowest BCUT2D eigenvalue weighted by molar-refractivity contribution is 0.100. The third-order valence-electron chi connectivity index (χ3n) is 2.71. The molecule has 0 fully saturated rings. The van der Waals surface area contributed by atoms with Crippen LogP contribution in [-0.4, -0.2) is 23.0 Å². The third-order valence-corrected chi connectivity index (χ3v) is 2.71. The van der Waals surface area contributed by atoms with E-state index in [0.29, 0.717) is 17.9 Å². The first-order valence-corrected chi connectivity index (χ1v) is 6.09. The van der Waals surface area contributed by atoms with E-state index in [1.165, 1.54) is 0 Å². The molecule has 1 aromatic heterocycles. The first-order chi connectivity index (χ1) is 8.87. The summed E-state index contributed by atoms with van der Waals surface area (Å²) in [5.74, 6) is 0.139. The Hall–Kier alpha value is -2.14. The molecular weight excluding hydrogens is 240 g/mol. The first kappa shape index (κ1) is 13.3. The van der Waals surface area contributed by atoms with Crippen molar-refractivity contribution in [2.75, 3.05) is 11.9 Å². The van der Waals surface area contributed by atoms with Gasteiger partial charge in [0.1, 0.15) is 5.82 Å². The Labute approximate surface area is 112 Å². The molecule has 0 spiro atoms. The Kier molecular flexibility index (Phi) is 3.40. The molecule has 1 amide bonds. The van der Waals surface area contributed by atoms with Gasteiger partial charge in [-0.05, 0) is 26.0 Å². The van der Waals surface area contributed by atoms with Crippen molar-refractivity contribution in [3.8, 4) is 0 Å². The number of para-hydroxylation sites is 1. The molecule has 0 aliphatic carbocycles. The molecule has 0 unspecified atom stereocenters. The van der Waals surface area contributed by atoms with Crippen molar-refractivity contribution in [2.24, 2.45) is 11.5 Å². The van der Waals surface area contributed by atoms with E-state index in [4.69, 9.17) is 11.5 Å². The fourth-order valence-electron chi connectivity index (χ4n) is 1.79. The number of benzene rings is 1. The highest BCUT2D eigenvalue weighted by Gasteiger charge is 2.13. The Morgan fingerprint density at radius 1 is 1.37 bits per heavy atom. The molecule has 0 radical (unpaired) electrons. The minimum atomic E-state index is -0.464. The number of nitrogens with zero attached hydrogens (tertiary/aromatic N) is 1. The maximum atomic E-state index is 11.5. The van der Waals surface area contributed by atoms with E-state index >= 15 is 0 Å². The van der Waals surface area contributed by atoms with Crippen molar-refractivity contribution in [2.45, 2.75) is 19.4 Å². The number of anilines is 1. The summed E-state index contributed by atoms with van der Waals surface area (Å²) in [6.07, 6.45) is 0. The van der Waals surface area contributed by atoms with Gasteiger partial charge in [-0.1, -0.05) is 18.2 Å². The van der Waals surface area contributed by atoms with Gasteiger partial charge >= 0.3 is 0 Å². The molecule has 0 atom stereocenters. The second-order valence-electron chi connectivity index (χ2n) is 5.28. The van der Waals surface area contributed by atoms with Crippen molar-refractivity contribution in [1.82, 2.24) is 4.98 Å². The van der Waals surface area contributed by atoms with Crippen molar-refractivity contribution < 1.29 is 4.79 Å². The van der Waals surface area contributed by atoms with Crippen molar-refractivity contribution in [3.63, 3.8) is 0 Å². The van der Waals surface area contributed by atoms with Gasteiger partial charge in [-0.15, -0.1) is 0 Å². The second kappa shape index (κ2) is 4.85. The quantitative estimate of drug-likeness (QED) is 0.774. The molecule has 5 nitrogen and oxygen atoms in total. The maximum Gasteiger partial charge on any atom is 0.249 e. The minimum absolute atomic E-state index is 0.361. The van der Waals surface area contributed by atoms with Crippen LogP contribution < -0.4 is 16.8 Å². The standard InChI is InChI=1S/C14H18N4O/c1-14(2,16)8-17-12-7-10(13(15)19)9-5-3-4-6-11(9)18-12/h3-7H,8,16H2,1-2H3,(H2,15,19)(H,17,18). The summed E-state index contributed by atoms with van der Waals surface area (Å²) in [6, 6.07) is 9.07. The molecule has 100 valence electrons. The van der Waals surface area contributed by atoms with Crippen LogP contribution in [-0.2, 0) is 0 Å². The molecule has 0 saturated carbocycles. The fourth-order valence-corrected chi connectivity index (χ4v) is 1.79. The van der Waals surface area contributed by atoms with Gasteiger partial charge in [-0.3, -0.25) is 4.79 Å².